The fourth-order valence-electron chi connectivity index (χ4n) is 10.0. The number of phenolic OH excluding ortho intramolecular Hbond substituents is 1. The monoisotopic (exact) mass is 918 g/mol. The number of pyridine rings is 1. The van der Waals surface area contributed by atoms with Gasteiger partial charge in [0, 0.05) is 28.5 Å². The molecule has 0 saturated heterocycles. The Kier molecular flexibility index (Phi) is 11.3. The van der Waals surface area contributed by atoms with E-state index >= 15 is 0 Å². The van der Waals surface area contributed by atoms with Gasteiger partial charge in [-0.3, -0.25) is 9.55 Å². The normalized spacial score (nSPS) is 13.0. The van der Waals surface area contributed by atoms with E-state index in [2.05, 4.69) is 233 Å². The van der Waals surface area contributed by atoms with Crippen molar-refractivity contribution in [1.82, 2.24) is 14.5 Å². The van der Waals surface area contributed by atoms with Crippen LogP contribution in [0, 0.1) is 0 Å². The highest BCUT2D eigenvalue weighted by atomic mass is 16.5. The first-order valence-electron chi connectivity index (χ1n) is 24.7. The minimum absolute atomic E-state index is 0.0189. The second-order valence-electron chi connectivity index (χ2n) is 23.3. The number of nitrogens with zero attached hydrogens (tertiary/aromatic N) is 3. The summed E-state index contributed by atoms with van der Waals surface area (Å²) in [5.74, 6) is 2.70. The maximum Gasteiger partial charge on any atom is 0.251 e. The van der Waals surface area contributed by atoms with Gasteiger partial charge >= 0.3 is 0 Å². The second kappa shape index (κ2) is 17.0. The molecule has 1 aliphatic rings. The van der Waals surface area contributed by atoms with Crippen LogP contribution in [0.4, 0.5) is 0 Å². The van der Waals surface area contributed by atoms with Crippen LogP contribution in [-0.2, 0) is 21.7 Å². The Hall–Kier alpha value is -7.18. The Morgan fingerprint density at radius 1 is 0.486 bits per heavy atom. The van der Waals surface area contributed by atoms with Crippen LogP contribution in [0.3, 0.4) is 0 Å². The van der Waals surface area contributed by atoms with E-state index in [0.29, 0.717) is 11.4 Å². The Labute approximate surface area is 415 Å². The zero-order chi connectivity index (χ0) is 49.5. The summed E-state index contributed by atoms with van der Waals surface area (Å²) in [6, 6.07) is 56.4. The van der Waals surface area contributed by atoms with Gasteiger partial charge in [0.1, 0.15) is 23.1 Å². The van der Waals surface area contributed by atoms with Crippen LogP contribution < -0.4 is 21.1 Å². The van der Waals surface area contributed by atoms with Crippen LogP contribution in [0.15, 0.2) is 164 Å². The molecule has 0 aliphatic carbocycles. The zero-order valence-corrected chi connectivity index (χ0v) is 42.9. The van der Waals surface area contributed by atoms with Crippen molar-refractivity contribution >= 4 is 34.1 Å². The molecule has 1 N–H and O–H groups in total. The van der Waals surface area contributed by atoms with Crippen molar-refractivity contribution in [3.8, 4) is 67.8 Å². The molecule has 0 atom stereocenters. The summed E-state index contributed by atoms with van der Waals surface area (Å²) in [5.41, 5.74) is 16.8. The summed E-state index contributed by atoms with van der Waals surface area (Å²) in [4.78, 5) is 10.8. The Bertz CT molecular complexity index is 3420. The molecular weight excluding hydrogens is 854 g/mol. The lowest BCUT2D eigenvalue weighted by molar-refractivity contribution is 0.446. The molecule has 6 heteroatoms. The maximum absolute atomic E-state index is 12.6. The molecule has 0 fully saturated rings. The SMILES string of the molecule is CC(C)(C)c1cc(-c2cc(B3c4ccccc4Oc4ccccc43)ccn2)cc(-c2cccc3c2nc(-c2cc(C(C)(C)C)cc(C(C)(C)C)c2O)n3-c2ccc(C(C)(C)C)cc2-c2ccccc2)c1. The highest BCUT2D eigenvalue weighted by Gasteiger charge is 2.33. The molecule has 10 rings (SSSR count). The van der Waals surface area contributed by atoms with Gasteiger partial charge in [0.05, 0.1) is 28.0 Å². The lowest BCUT2D eigenvalue weighted by atomic mass is 9.36. The molecule has 0 amide bonds. The largest absolute Gasteiger partial charge is 0.507 e. The number of aromatic nitrogens is 3. The number of para-hydroxylation sites is 3. The van der Waals surface area contributed by atoms with Crippen LogP contribution in [0.25, 0.3) is 61.6 Å². The predicted molar refractivity (Wildman–Crippen MR) is 295 cm³/mol. The molecular formula is C64H64BN3O2. The molecule has 0 spiro atoms. The van der Waals surface area contributed by atoms with Gasteiger partial charge in [-0.2, -0.15) is 0 Å². The second-order valence-corrected chi connectivity index (χ2v) is 23.3. The smallest absolute Gasteiger partial charge is 0.251 e. The number of imidazole rings is 1. The topological polar surface area (TPSA) is 60.2 Å². The van der Waals surface area contributed by atoms with E-state index in [4.69, 9.17) is 14.7 Å². The Balaban J connectivity index is 1.24. The summed E-state index contributed by atoms with van der Waals surface area (Å²) in [7, 11) is 0. The van der Waals surface area contributed by atoms with Crippen molar-refractivity contribution in [2.75, 3.05) is 0 Å². The zero-order valence-electron chi connectivity index (χ0n) is 42.9. The third kappa shape index (κ3) is 8.52. The third-order valence-corrected chi connectivity index (χ3v) is 14.1. The molecule has 9 aromatic rings. The number of rotatable bonds is 6. The van der Waals surface area contributed by atoms with Gasteiger partial charge < -0.3 is 9.84 Å². The van der Waals surface area contributed by atoms with Crippen LogP contribution in [0.1, 0.15) is 105 Å². The lowest BCUT2D eigenvalue weighted by Gasteiger charge is -2.28. The molecule has 0 unspecified atom stereocenters. The third-order valence-electron chi connectivity index (χ3n) is 14.1. The van der Waals surface area contributed by atoms with Crippen molar-refractivity contribution in [3.05, 3.63) is 186 Å². The molecule has 350 valence electrons. The highest BCUT2D eigenvalue weighted by Crippen LogP contribution is 2.46. The van der Waals surface area contributed by atoms with Crippen LogP contribution in [-0.4, -0.2) is 26.4 Å². The number of aromatic hydroxyl groups is 1. The standard InChI is InChI=1S/C64H64BN3O2/c1-61(2,3)43-29-30-54(48(36-43)40-21-14-13-15-22-40)68-55-26-20-23-47(58(55)67-60(68)49-37-45(63(7,8)9)38-50(59(49)69)64(10,11)12)41-33-42(35-44(34-41)62(4,5)6)53-39-46(31-32-66-53)65-51-24-16-18-27-56(51)70-57-28-19-17-25-52(57)65/h13-39,69H,1-12H3. The summed E-state index contributed by atoms with van der Waals surface area (Å²) < 4.78 is 8.72. The van der Waals surface area contributed by atoms with Crippen molar-refractivity contribution in [2.24, 2.45) is 0 Å². The first-order valence-corrected chi connectivity index (χ1v) is 24.7. The maximum atomic E-state index is 12.6. The quantitative estimate of drug-likeness (QED) is 0.169. The number of hydrogen-bond donors (Lipinski definition) is 1. The van der Waals surface area contributed by atoms with Crippen molar-refractivity contribution < 1.29 is 9.84 Å². The van der Waals surface area contributed by atoms with E-state index in [-0.39, 0.29) is 34.1 Å². The molecule has 1 aliphatic heterocycles. The molecule has 0 saturated carbocycles. The van der Waals surface area contributed by atoms with Crippen molar-refractivity contribution in [1.29, 1.82) is 0 Å². The minimum Gasteiger partial charge on any atom is -0.507 e. The fraction of sp³-hybridized carbons (Fsp3) is 0.250. The van der Waals surface area contributed by atoms with E-state index in [0.717, 1.165) is 89.2 Å². The molecule has 0 radical (unpaired) electrons. The van der Waals surface area contributed by atoms with E-state index < -0.39 is 0 Å². The van der Waals surface area contributed by atoms with Crippen molar-refractivity contribution in [2.45, 2.75) is 105 Å². The molecule has 3 heterocycles. The van der Waals surface area contributed by atoms with Gasteiger partial charge in [0.25, 0.3) is 6.71 Å². The van der Waals surface area contributed by atoms with Crippen molar-refractivity contribution in [3.63, 3.8) is 0 Å². The summed E-state index contributed by atoms with van der Waals surface area (Å²) in [6.45, 7) is 26.8. The molecule has 0 bridgehead atoms. The molecule has 7 aromatic carbocycles. The minimum atomic E-state index is -0.335. The highest BCUT2D eigenvalue weighted by molar-refractivity contribution is 6.97. The Morgan fingerprint density at radius 2 is 1.09 bits per heavy atom. The van der Waals surface area contributed by atoms with Crippen LogP contribution in [0.2, 0.25) is 0 Å². The summed E-state index contributed by atoms with van der Waals surface area (Å²) in [5, 5.41) is 12.6. The Morgan fingerprint density at radius 3 is 1.73 bits per heavy atom. The average molecular weight is 918 g/mol. The lowest BCUT2D eigenvalue weighted by Crippen LogP contribution is -2.54. The van der Waals surface area contributed by atoms with Gasteiger partial charge in [-0.05, 0) is 121 Å². The van der Waals surface area contributed by atoms with E-state index in [1.807, 2.05) is 18.3 Å². The number of ether oxygens (including phenoxy) is 1. The predicted octanol–water partition coefficient (Wildman–Crippen LogP) is 14.6. The van der Waals surface area contributed by atoms with E-state index in [9.17, 15) is 5.11 Å². The van der Waals surface area contributed by atoms with E-state index in [1.165, 1.54) is 11.1 Å². The summed E-state index contributed by atoms with van der Waals surface area (Å²) >= 11 is 0. The van der Waals surface area contributed by atoms with Crippen LogP contribution in [0.5, 0.6) is 17.2 Å². The van der Waals surface area contributed by atoms with Gasteiger partial charge in [-0.1, -0.05) is 186 Å². The van der Waals surface area contributed by atoms with Crippen LogP contribution >= 0.6 is 0 Å². The fourth-order valence-corrected chi connectivity index (χ4v) is 10.0. The van der Waals surface area contributed by atoms with Gasteiger partial charge in [0.15, 0.2) is 0 Å². The number of phenols is 1. The first kappa shape index (κ1) is 46.5. The number of hydrogen-bond acceptors (Lipinski definition) is 4. The molecule has 5 nitrogen and oxygen atoms in total. The van der Waals surface area contributed by atoms with Gasteiger partial charge in [-0.15, -0.1) is 0 Å². The number of benzene rings is 7. The summed E-state index contributed by atoms with van der Waals surface area (Å²) in [6.07, 6.45) is 1.95. The van der Waals surface area contributed by atoms with Gasteiger partial charge in [0.2, 0.25) is 0 Å². The number of fused-ring (bicyclic) bond motifs is 3. The average Bonchev–Trinajstić information content (AvgIpc) is 3.71. The van der Waals surface area contributed by atoms with Gasteiger partial charge in [-0.25, -0.2) is 4.98 Å². The first-order chi connectivity index (χ1) is 33.1. The van der Waals surface area contributed by atoms with E-state index in [1.54, 1.807) is 0 Å². The molecule has 2 aromatic heterocycles. The molecule has 70 heavy (non-hydrogen) atoms.